The molecule has 0 amide bonds. The van der Waals surface area contributed by atoms with Gasteiger partial charge in [0, 0.05) is 18.3 Å². The van der Waals surface area contributed by atoms with Crippen LogP contribution in [-0.2, 0) is 0 Å². The Bertz CT molecular complexity index is 371. The molecule has 1 aliphatic carbocycles. The van der Waals surface area contributed by atoms with Gasteiger partial charge >= 0.3 is 0 Å². The van der Waals surface area contributed by atoms with E-state index < -0.39 is 6.10 Å². The lowest BCUT2D eigenvalue weighted by atomic mass is 9.93. The van der Waals surface area contributed by atoms with Crippen LogP contribution in [0.1, 0.15) is 50.7 Å². The van der Waals surface area contributed by atoms with Crippen LogP contribution in [0.5, 0.6) is 0 Å². The van der Waals surface area contributed by atoms with Gasteiger partial charge in [-0.2, -0.15) is 0 Å². The van der Waals surface area contributed by atoms with Crippen LogP contribution in [-0.4, -0.2) is 29.1 Å². The second-order valence-electron chi connectivity index (χ2n) is 5.56. The minimum absolute atomic E-state index is 0.414. The van der Waals surface area contributed by atoms with Gasteiger partial charge in [0.1, 0.15) is 0 Å². The van der Waals surface area contributed by atoms with Gasteiger partial charge in [0.2, 0.25) is 0 Å². The highest BCUT2D eigenvalue weighted by atomic mass is 16.3. The molecule has 3 heteroatoms. The molecule has 1 aliphatic rings. The van der Waals surface area contributed by atoms with E-state index in [1.807, 2.05) is 24.3 Å². The van der Waals surface area contributed by atoms with E-state index in [-0.39, 0.29) is 0 Å². The highest BCUT2D eigenvalue weighted by Gasteiger charge is 2.22. The summed E-state index contributed by atoms with van der Waals surface area (Å²) in [5.41, 5.74) is 7.39. The zero-order valence-corrected chi connectivity index (χ0v) is 11.9. The van der Waals surface area contributed by atoms with Gasteiger partial charge < -0.3 is 10.8 Å². The van der Waals surface area contributed by atoms with Crippen molar-refractivity contribution in [1.82, 2.24) is 4.90 Å². The fourth-order valence-corrected chi connectivity index (χ4v) is 3.03. The predicted octanol–water partition coefficient (Wildman–Crippen LogP) is 2.96. The first-order chi connectivity index (χ1) is 9.20. The maximum atomic E-state index is 10.4. The summed E-state index contributed by atoms with van der Waals surface area (Å²) in [5.74, 6) is 0. The summed E-state index contributed by atoms with van der Waals surface area (Å²) in [4.78, 5) is 2.43. The summed E-state index contributed by atoms with van der Waals surface area (Å²) in [6.45, 7) is 3.92. The highest BCUT2D eigenvalue weighted by molar-refractivity contribution is 5.39. The molecule has 106 valence electrons. The standard InChI is InChI=1S/C16H26N2O/c1-2-18(15-6-4-3-5-7-15)12-16(19)13-8-10-14(17)11-9-13/h8-11,15-16,19H,2-7,12,17H2,1H3. The monoisotopic (exact) mass is 262 g/mol. The molecule has 3 N–H and O–H groups in total. The molecule has 1 saturated carbocycles. The summed E-state index contributed by atoms with van der Waals surface area (Å²) in [7, 11) is 0. The van der Waals surface area contributed by atoms with Crippen LogP contribution in [0, 0.1) is 0 Å². The Morgan fingerprint density at radius 1 is 1.21 bits per heavy atom. The molecule has 0 bridgehead atoms. The van der Waals surface area contributed by atoms with Crippen molar-refractivity contribution in [3.63, 3.8) is 0 Å². The van der Waals surface area contributed by atoms with Crippen molar-refractivity contribution in [3.8, 4) is 0 Å². The van der Waals surface area contributed by atoms with Crippen molar-refractivity contribution in [3.05, 3.63) is 29.8 Å². The third-order valence-corrected chi connectivity index (χ3v) is 4.23. The molecular formula is C16H26N2O. The van der Waals surface area contributed by atoms with Crippen molar-refractivity contribution in [1.29, 1.82) is 0 Å². The van der Waals surface area contributed by atoms with Crippen LogP contribution < -0.4 is 5.73 Å². The predicted molar refractivity (Wildman–Crippen MR) is 79.9 cm³/mol. The van der Waals surface area contributed by atoms with E-state index in [1.165, 1.54) is 32.1 Å². The van der Waals surface area contributed by atoms with Crippen molar-refractivity contribution >= 4 is 5.69 Å². The summed E-state index contributed by atoms with van der Waals surface area (Å²) < 4.78 is 0. The largest absolute Gasteiger partial charge is 0.399 e. The first-order valence-corrected chi connectivity index (χ1v) is 7.48. The summed E-state index contributed by atoms with van der Waals surface area (Å²) >= 11 is 0. The number of hydrogen-bond donors (Lipinski definition) is 2. The Kier molecular flexibility index (Phi) is 5.23. The smallest absolute Gasteiger partial charge is 0.0917 e. The first-order valence-electron chi connectivity index (χ1n) is 7.48. The zero-order chi connectivity index (χ0) is 13.7. The third kappa shape index (κ3) is 3.95. The van der Waals surface area contributed by atoms with Crippen molar-refractivity contribution in [2.45, 2.75) is 51.2 Å². The summed E-state index contributed by atoms with van der Waals surface area (Å²) in [6.07, 6.45) is 6.18. The van der Waals surface area contributed by atoms with Gasteiger partial charge in [-0.25, -0.2) is 0 Å². The maximum absolute atomic E-state index is 10.4. The number of nitrogen functional groups attached to an aromatic ring is 1. The molecule has 1 fully saturated rings. The Morgan fingerprint density at radius 3 is 2.42 bits per heavy atom. The normalized spacial score (nSPS) is 18.7. The van der Waals surface area contributed by atoms with Crippen molar-refractivity contribution < 1.29 is 5.11 Å². The molecule has 19 heavy (non-hydrogen) atoms. The first kappa shape index (κ1) is 14.4. The molecule has 0 aromatic heterocycles. The molecule has 1 unspecified atom stereocenters. The fourth-order valence-electron chi connectivity index (χ4n) is 3.03. The Hall–Kier alpha value is -1.06. The average Bonchev–Trinajstić information content (AvgIpc) is 2.46. The number of nitrogens with two attached hydrogens (primary N) is 1. The molecule has 0 spiro atoms. The van der Waals surface area contributed by atoms with Crippen LogP contribution in [0.2, 0.25) is 0 Å². The van der Waals surface area contributed by atoms with E-state index in [4.69, 9.17) is 5.73 Å². The molecule has 3 nitrogen and oxygen atoms in total. The van der Waals surface area contributed by atoms with Gasteiger partial charge in [-0.15, -0.1) is 0 Å². The Labute approximate surface area is 116 Å². The van der Waals surface area contributed by atoms with Crippen LogP contribution >= 0.6 is 0 Å². The molecule has 1 aromatic carbocycles. The number of rotatable bonds is 5. The number of likely N-dealkylation sites (N-methyl/N-ethyl adjacent to an activating group) is 1. The van der Waals surface area contributed by atoms with E-state index >= 15 is 0 Å². The number of aliphatic hydroxyl groups is 1. The second-order valence-corrected chi connectivity index (χ2v) is 5.56. The Balaban J connectivity index is 1.95. The lowest BCUT2D eigenvalue weighted by Gasteiger charge is -2.34. The fraction of sp³-hybridized carbons (Fsp3) is 0.625. The molecule has 0 heterocycles. The van der Waals surface area contributed by atoms with Gasteiger partial charge in [-0.05, 0) is 37.1 Å². The van der Waals surface area contributed by atoms with Crippen LogP contribution in [0.3, 0.4) is 0 Å². The molecule has 1 atom stereocenters. The molecule has 0 radical (unpaired) electrons. The van der Waals surface area contributed by atoms with Crippen molar-refractivity contribution in [2.75, 3.05) is 18.8 Å². The maximum Gasteiger partial charge on any atom is 0.0917 e. The second kappa shape index (κ2) is 6.92. The highest BCUT2D eigenvalue weighted by Crippen LogP contribution is 2.25. The number of nitrogens with zero attached hydrogens (tertiary/aromatic N) is 1. The minimum atomic E-state index is -0.414. The quantitative estimate of drug-likeness (QED) is 0.802. The van der Waals surface area contributed by atoms with E-state index in [2.05, 4.69) is 11.8 Å². The van der Waals surface area contributed by atoms with Gasteiger partial charge in [0.15, 0.2) is 0 Å². The third-order valence-electron chi connectivity index (χ3n) is 4.23. The number of benzene rings is 1. The topological polar surface area (TPSA) is 49.5 Å². The lowest BCUT2D eigenvalue weighted by Crippen LogP contribution is -2.39. The SMILES string of the molecule is CCN(CC(O)c1ccc(N)cc1)C1CCCCC1. The van der Waals surface area contributed by atoms with E-state index in [9.17, 15) is 5.11 Å². The van der Waals surface area contributed by atoms with Crippen LogP contribution in [0.15, 0.2) is 24.3 Å². The van der Waals surface area contributed by atoms with Crippen LogP contribution in [0.25, 0.3) is 0 Å². The minimum Gasteiger partial charge on any atom is -0.399 e. The van der Waals surface area contributed by atoms with E-state index in [0.29, 0.717) is 6.04 Å². The van der Waals surface area contributed by atoms with Gasteiger partial charge in [-0.1, -0.05) is 38.3 Å². The van der Waals surface area contributed by atoms with E-state index in [0.717, 1.165) is 24.3 Å². The number of aliphatic hydroxyl groups excluding tert-OH is 1. The Morgan fingerprint density at radius 2 is 1.84 bits per heavy atom. The summed E-state index contributed by atoms with van der Waals surface area (Å²) in [5, 5.41) is 10.4. The van der Waals surface area contributed by atoms with Crippen LogP contribution in [0.4, 0.5) is 5.69 Å². The molecule has 0 saturated heterocycles. The molecule has 0 aliphatic heterocycles. The van der Waals surface area contributed by atoms with E-state index in [1.54, 1.807) is 0 Å². The number of hydrogen-bond acceptors (Lipinski definition) is 3. The van der Waals surface area contributed by atoms with Gasteiger partial charge in [-0.3, -0.25) is 4.90 Å². The van der Waals surface area contributed by atoms with Crippen molar-refractivity contribution in [2.24, 2.45) is 0 Å². The zero-order valence-electron chi connectivity index (χ0n) is 11.9. The average molecular weight is 262 g/mol. The van der Waals surface area contributed by atoms with Gasteiger partial charge in [0.25, 0.3) is 0 Å². The van der Waals surface area contributed by atoms with Gasteiger partial charge in [0.05, 0.1) is 6.10 Å². The molecule has 1 aromatic rings. The summed E-state index contributed by atoms with van der Waals surface area (Å²) in [6, 6.07) is 8.22. The lowest BCUT2D eigenvalue weighted by molar-refractivity contribution is 0.0767. The molecular weight excluding hydrogens is 236 g/mol. The number of anilines is 1. The molecule has 2 rings (SSSR count).